The Morgan fingerprint density at radius 3 is 2.50 bits per heavy atom. The summed E-state index contributed by atoms with van der Waals surface area (Å²) >= 11 is 0.685. The van der Waals surface area contributed by atoms with E-state index in [9.17, 15) is 36.3 Å². The molecule has 30 heavy (non-hydrogen) atoms. The normalized spacial score (nSPS) is 26.2. The number of sulfonamides is 1. The molecule has 0 radical (unpaired) electrons. The Hall–Kier alpha value is -2.05. The smallest absolute Gasteiger partial charge is 0.390 e. The van der Waals surface area contributed by atoms with E-state index in [0.717, 1.165) is 0 Å². The number of carboxylic acid groups (broad SMARTS) is 1. The number of amides is 1. The standard InChI is InChI=1S/C18H19F3N2O5S2/c19-18(20,21)8-9-22-15(24)13-6-7-14(29-13)30(27,28)23-17(16(25)26)10-12(17)11-4-2-1-3-5-11/h1-6,12,14,23H,7-10H2,(H,22,24)(H,25,26). The van der Waals surface area contributed by atoms with Gasteiger partial charge in [0.25, 0.3) is 5.91 Å². The number of carboxylic acids is 1. The van der Waals surface area contributed by atoms with E-state index in [0.29, 0.717) is 17.3 Å². The molecule has 7 nitrogen and oxygen atoms in total. The molecule has 1 aliphatic carbocycles. The average Bonchev–Trinajstić information content (AvgIpc) is 3.14. The van der Waals surface area contributed by atoms with Crippen molar-refractivity contribution in [2.45, 2.75) is 41.5 Å². The molecule has 0 saturated heterocycles. The second kappa shape index (κ2) is 8.23. The van der Waals surface area contributed by atoms with E-state index in [-0.39, 0.29) is 17.7 Å². The molecular weight excluding hydrogens is 445 g/mol. The molecule has 0 bridgehead atoms. The first kappa shape index (κ1) is 22.6. The highest BCUT2D eigenvalue weighted by Gasteiger charge is 2.63. The Kier molecular flexibility index (Phi) is 6.21. The number of hydrogen-bond acceptors (Lipinski definition) is 5. The van der Waals surface area contributed by atoms with Crippen molar-refractivity contribution in [2.24, 2.45) is 0 Å². The summed E-state index contributed by atoms with van der Waals surface area (Å²) in [6, 6.07) is 8.67. The third-order valence-electron chi connectivity index (χ3n) is 4.89. The molecule has 1 amide bonds. The van der Waals surface area contributed by atoms with Gasteiger partial charge in [-0.25, -0.2) is 8.42 Å². The molecule has 3 N–H and O–H groups in total. The zero-order valence-electron chi connectivity index (χ0n) is 15.5. The third-order valence-corrected chi connectivity index (χ3v) is 8.53. The molecule has 1 saturated carbocycles. The summed E-state index contributed by atoms with van der Waals surface area (Å²) in [6.07, 6.45) is -4.24. The van der Waals surface area contributed by atoms with Gasteiger partial charge in [-0.05, 0) is 18.4 Å². The maximum atomic E-state index is 12.8. The van der Waals surface area contributed by atoms with Crippen LogP contribution in [0.3, 0.4) is 0 Å². The third kappa shape index (κ3) is 4.98. The highest BCUT2D eigenvalue weighted by molar-refractivity contribution is 8.15. The first-order valence-corrected chi connectivity index (χ1v) is 11.4. The van der Waals surface area contributed by atoms with Crippen LogP contribution in [-0.2, 0) is 19.6 Å². The molecule has 1 fully saturated rings. The largest absolute Gasteiger partial charge is 0.480 e. The lowest BCUT2D eigenvalue weighted by Gasteiger charge is -2.19. The van der Waals surface area contributed by atoms with Crippen LogP contribution < -0.4 is 10.0 Å². The molecule has 3 unspecified atom stereocenters. The molecule has 12 heteroatoms. The van der Waals surface area contributed by atoms with Gasteiger partial charge in [0.2, 0.25) is 10.0 Å². The number of rotatable bonds is 8. The predicted octanol–water partition coefficient (Wildman–Crippen LogP) is 2.33. The van der Waals surface area contributed by atoms with Gasteiger partial charge in [0.05, 0.1) is 11.3 Å². The Bertz CT molecular complexity index is 966. The number of alkyl halides is 3. The van der Waals surface area contributed by atoms with Crippen molar-refractivity contribution < 1.29 is 36.3 Å². The molecule has 1 aliphatic heterocycles. The number of nitrogens with one attached hydrogen (secondary N) is 2. The van der Waals surface area contributed by atoms with E-state index in [4.69, 9.17) is 0 Å². The summed E-state index contributed by atoms with van der Waals surface area (Å²) in [5, 5.41) is 11.7. The summed E-state index contributed by atoms with van der Waals surface area (Å²) in [6.45, 7) is -0.614. The SMILES string of the molecule is O=C(NCCC(F)(F)F)C1=CCC(S(=O)(=O)NC2(C(=O)O)CC2c2ccccc2)S1. The molecule has 164 valence electrons. The van der Waals surface area contributed by atoms with E-state index in [1.807, 2.05) is 0 Å². The van der Waals surface area contributed by atoms with Crippen LogP contribution in [0.4, 0.5) is 13.2 Å². The Morgan fingerprint density at radius 1 is 1.23 bits per heavy atom. The van der Waals surface area contributed by atoms with E-state index < -0.39 is 57.1 Å². The van der Waals surface area contributed by atoms with Crippen LogP contribution in [0.5, 0.6) is 0 Å². The zero-order chi connectivity index (χ0) is 22.2. The first-order valence-electron chi connectivity index (χ1n) is 8.97. The Balaban J connectivity index is 1.61. The van der Waals surface area contributed by atoms with Crippen LogP contribution in [0.25, 0.3) is 0 Å². The Morgan fingerprint density at radius 2 is 1.90 bits per heavy atom. The molecule has 3 rings (SSSR count). The van der Waals surface area contributed by atoms with E-state index in [1.54, 1.807) is 30.3 Å². The summed E-state index contributed by atoms with van der Waals surface area (Å²) in [5.74, 6) is -2.60. The van der Waals surface area contributed by atoms with Gasteiger partial charge < -0.3 is 10.4 Å². The van der Waals surface area contributed by atoms with Gasteiger partial charge in [-0.2, -0.15) is 17.9 Å². The highest BCUT2D eigenvalue weighted by Crippen LogP contribution is 2.52. The number of carbonyl (C=O) groups is 2. The number of carbonyl (C=O) groups excluding carboxylic acids is 1. The number of allylic oxidation sites excluding steroid dienone is 1. The summed E-state index contributed by atoms with van der Waals surface area (Å²) in [7, 11) is -4.13. The van der Waals surface area contributed by atoms with Gasteiger partial charge in [-0.15, -0.1) is 0 Å². The summed E-state index contributed by atoms with van der Waals surface area (Å²) < 4.78 is 63.2. The Labute approximate surface area is 175 Å². The van der Waals surface area contributed by atoms with Gasteiger partial charge in [-0.3, -0.25) is 9.59 Å². The highest BCUT2D eigenvalue weighted by atomic mass is 32.3. The molecular formula is C18H19F3N2O5S2. The fraction of sp³-hybridized carbons (Fsp3) is 0.444. The lowest BCUT2D eigenvalue weighted by Crippen LogP contribution is -2.47. The predicted molar refractivity (Wildman–Crippen MR) is 104 cm³/mol. The van der Waals surface area contributed by atoms with Crippen LogP contribution in [0.1, 0.15) is 30.7 Å². The number of thioether (sulfide) groups is 1. The molecule has 3 atom stereocenters. The van der Waals surface area contributed by atoms with Crippen LogP contribution >= 0.6 is 11.8 Å². The lowest BCUT2D eigenvalue weighted by atomic mass is 10.1. The first-order chi connectivity index (χ1) is 13.9. The minimum atomic E-state index is -4.41. The van der Waals surface area contributed by atoms with Crippen molar-refractivity contribution in [2.75, 3.05) is 6.54 Å². The van der Waals surface area contributed by atoms with Crippen molar-refractivity contribution in [3.8, 4) is 0 Å². The van der Waals surface area contributed by atoms with Crippen molar-refractivity contribution in [1.82, 2.24) is 10.0 Å². The zero-order valence-corrected chi connectivity index (χ0v) is 17.1. The van der Waals surface area contributed by atoms with Crippen molar-refractivity contribution in [1.29, 1.82) is 0 Å². The number of halogens is 3. The van der Waals surface area contributed by atoms with Gasteiger partial charge in [-0.1, -0.05) is 48.2 Å². The van der Waals surface area contributed by atoms with Gasteiger partial charge in [0.15, 0.2) is 0 Å². The van der Waals surface area contributed by atoms with Crippen molar-refractivity contribution in [3.05, 3.63) is 46.9 Å². The molecule has 0 spiro atoms. The lowest BCUT2D eigenvalue weighted by molar-refractivity contribution is -0.140. The second-order valence-corrected chi connectivity index (χ2v) is 10.5. The maximum Gasteiger partial charge on any atom is 0.390 e. The van der Waals surface area contributed by atoms with Crippen LogP contribution in [0, 0.1) is 0 Å². The molecule has 0 aromatic heterocycles. The maximum absolute atomic E-state index is 12.8. The fourth-order valence-corrected chi connectivity index (χ4v) is 6.36. The molecule has 1 aromatic carbocycles. The van der Waals surface area contributed by atoms with Crippen LogP contribution in [0.15, 0.2) is 41.3 Å². The summed E-state index contributed by atoms with van der Waals surface area (Å²) in [4.78, 5) is 23.8. The van der Waals surface area contributed by atoms with Crippen molar-refractivity contribution >= 4 is 33.7 Å². The molecule has 1 aromatic rings. The van der Waals surface area contributed by atoms with Crippen molar-refractivity contribution in [3.63, 3.8) is 0 Å². The topological polar surface area (TPSA) is 113 Å². The van der Waals surface area contributed by atoms with Crippen LogP contribution in [0.2, 0.25) is 0 Å². The number of hydrogen-bond donors (Lipinski definition) is 3. The monoisotopic (exact) mass is 464 g/mol. The average molecular weight is 464 g/mol. The van der Waals surface area contributed by atoms with Gasteiger partial charge in [0, 0.05) is 12.5 Å². The number of aliphatic carboxylic acids is 1. The van der Waals surface area contributed by atoms with Gasteiger partial charge >= 0.3 is 12.1 Å². The van der Waals surface area contributed by atoms with E-state index in [1.165, 1.54) is 6.08 Å². The quantitative estimate of drug-likeness (QED) is 0.544. The van der Waals surface area contributed by atoms with Crippen LogP contribution in [-0.4, -0.2) is 48.2 Å². The summed E-state index contributed by atoms with van der Waals surface area (Å²) in [5.41, 5.74) is -0.956. The number of benzene rings is 1. The minimum Gasteiger partial charge on any atom is -0.480 e. The molecule has 1 heterocycles. The van der Waals surface area contributed by atoms with E-state index in [2.05, 4.69) is 10.0 Å². The van der Waals surface area contributed by atoms with Gasteiger partial charge in [0.1, 0.15) is 10.1 Å². The fourth-order valence-electron chi connectivity index (χ4n) is 3.25. The second-order valence-electron chi connectivity index (χ2n) is 7.06. The molecule has 2 aliphatic rings. The van der Waals surface area contributed by atoms with E-state index >= 15 is 0 Å². The minimum absolute atomic E-state index is 0.00710.